The van der Waals surface area contributed by atoms with Crippen molar-refractivity contribution in [3.63, 3.8) is 0 Å². The molecule has 1 aliphatic rings. The monoisotopic (exact) mass is 113 g/mol. The lowest BCUT2D eigenvalue weighted by molar-refractivity contribution is 0.429. The molecule has 0 saturated heterocycles. The second kappa shape index (κ2) is 1.27. The predicted octanol–water partition coefficient (Wildman–Crippen LogP) is 1.38. The fourth-order valence-corrected chi connectivity index (χ4v) is 1.28. The van der Waals surface area contributed by atoms with E-state index in [4.69, 9.17) is 5.73 Å². The summed E-state index contributed by atoms with van der Waals surface area (Å²) in [6.07, 6.45) is 1.30. The van der Waals surface area contributed by atoms with Crippen molar-refractivity contribution in [2.45, 2.75) is 27.2 Å². The molecule has 1 nitrogen and oxygen atoms in total. The van der Waals surface area contributed by atoms with E-state index in [1.54, 1.807) is 0 Å². The molecule has 1 aliphatic carbocycles. The quantitative estimate of drug-likeness (QED) is 0.546. The summed E-state index contributed by atoms with van der Waals surface area (Å²) in [5.74, 6) is 0. The van der Waals surface area contributed by atoms with Crippen molar-refractivity contribution in [3.8, 4) is 0 Å². The smallest absolute Gasteiger partial charge is 0.00179 e. The molecule has 2 N–H and O–H groups in total. The molecule has 1 atom stereocenters. The zero-order valence-corrected chi connectivity index (χ0v) is 5.99. The minimum atomic E-state index is 0.465. The van der Waals surface area contributed by atoms with E-state index in [1.165, 1.54) is 6.42 Å². The third-order valence-electron chi connectivity index (χ3n) is 2.79. The van der Waals surface area contributed by atoms with Gasteiger partial charge < -0.3 is 5.73 Å². The molecule has 0 aromatic rings. The maximum absolute atomic E-state index is 5.54. The SMILES string of the molecule is CC1(C)CC1(C)CN. The molecule has 0 spiro atoms. The van der Waals surface area contributed by atoms with Gasteiger partial charge in [-0.05, 0) is 23.8 Å². The highest BCUT2D eigenvalue weighted by Crippen LogP contribution is 2.62. The maximum atomic E-state index is 5.54. The second-order valence-corrected chi connectivity index (χ2v) is 3.83. The molecule has 0 amide bonds. The molecular formula is C7H15N. The fourth-order valence-electron chi connectivity index (χ4n) is 1.28. The first-order valence-electron chi connectivity index (χ1n) is 3.22. The zero-order valence-electron chi connectivity index (χ0n) is 5.99. The van der Waals surface area contributed by atoms with E-state index in [-0.39, 0.29) is 0 Å². The van der Waals surface area contributed by atoms with Crippen LogP contribution in [0.2, 0.25) is 0 Å². The van der Waals surface area contributed by atoms with E-state index in [9.17, 15) is 0 Å². The molecule has 48 valence electrons. The van der Waals surface area contributed by atoms with Gasteiger partial charge in [-0.25, -0.2) is 0 Å². The first kappa shape index (κ1) is 6.09. The Morgan fingerprint density at radius 1 is 1.38 bits per heavy atom. The largest absolute Gasteiger partial charge is 0.330 e. The number of hydrogen-bond donors (Lipinski definition) is 1. The summed E-state index contributed by atoms with van der Waals surface area (Å²) in [5.41, 5.74) is 6.54. The van der Waals surface area contributed by atoms with Gasteiger partial charge in [0.1, 0.15) is 0 Å². The van der Waals surface area contributed by atoms with Gasteiger partial charge >= 0.3 is 0 Å². The Labute approximate surface area is 51.3 Å². The lowest BCUT2D eigenvalue weighted by atomic mass is 9.99. The number of hydrogen-bond acceptors (Lipinski definition) is 1. The van der Waals surface area contributed by atoms with Gasteiger partial charge in [0.25, 0.3) is 0 Å². The van der Waals surface area contributed by atoms with Gasteiger partial charge in [0.05, 0.1) is 0 Å². The van der Waals surface area contributed by atoms with Crippen molar-refractivity contribution in [1.29, 1.82) is 0 Å². The van der Waals surface area contributed by atoms with Crippen LogP contribution in [0, 0.1) is 10.8 Å². The van der Waals surface area contributed by atoms with Gasteiger partial charge in [-0.3, -0.25) is 0 Å². The van der Waals surface area contributed by atoms with Crippen molar-refractivity contribution in [1.82, 2.24) is 0 Å². The van der Waals surface area contributed by atoms with E-state index in [1.807, 2.05) is 0 Å². The summed E-state index contributed by atoms with van der Waals surface area (Å²) in [6.45, 7) is 7.66. The summed E-state index contributed by atoms with van der Waals surface area (Å²) in [7, 11) is 0. The Morgan fingerprint density at radius 2 is 1.75 bits per heavy atom. The van der Waals surface area contributed by atoms with E-state index in [0.29, 0.717) is 10.8 Å². The lowest BCUT2D eigenvalue weighted by Gasteiger charge is -2.09. The fraction of sp³-hybridized carbons (Fsp3) is 1.00. The van der Waals surface area contributed by atoms with E-state index in [2.05, 4.69) is 20.8 Å². The van der Waals surface area contributed by atoms with Gasteiger partial charge in [-0.15, -0.1) is 0 Å². The summed E-state index contributed by atoms with van der Waals surface area (Å²) >= 11 is 0. The van der Waals surface area contributed by atoms with Crippen molar-refractivity contribution in [2.75, 3.05) is 6.54 Å². The standard InChI is InChI=1S/C7H15N/c1-6(2)4-7(6,3)5-8/h4-5,8H2,1-3H3. The Hall–Kier alpha value is -0.0400. The second-order valence-electron chi connectivity index (χ2n) is 3.83. The minimum absolute atomic E-state index is 0.465. The van der Waals surface area contributed by atoms with Crippen LogP contribution in [0.3, 0.4) is 0 Å². The number of rotatable bonds is 1. The molecule has 1 saturated carbocycles. The summed E-state index contributed by atoms with van der Waals surface area (Å²) in [4.78, 5) is 0. The molecule has 0 bridgehead atoms. The Balaban J connectivity index is 2.55. The van der Waals surface area contributed by atoms with Gasteiger partial charge in [0, 0.05) is 0 Å². The van der Waals surface area contributed by atoms with Crippen LogP contribution >= 0.6 is 0 Å². The van der Waals surface area contributed by atoms with E-state index in [0.717, 1.165) is 6.54 Å². The molecule has 0 radical (unpaired) electrons. The highest BCUT2D eigenvalue weighted by molar-refractivity contribution is 5.06. The molecule has 1 heteroatoms. The molecule has 0 heterocycles. The van der Waals surface area contributed by atoms with Gasteiger partial charge in [-0.1, -0.05) is 20.8 Å². The van der Waals surface area contributed by atoms with Crippen LogP contribution in [0.15, 0.2) is 0 Å². The summed E-state index contributed by atoms with van der Waals surface area (Å²) in [5, 5.41) is 0. The topological polar surface area (TPSA) is 26.0 Å². The van der Waals surface area contributed by atoms with Crippen LogP contribution in [0.4, 0.5) is 0 Å². The lowest BCUT2D eigenvalue weighted by Crippen LogP contribution is -2.16. The van der Waals surface area contributed by atoms with Crippen molar-refractivity contribution >= 4 is 0 Å². The molecule has 1 fully saturated rings. The van der Waals surface area contributed by atoms with Crippen LogP contribution < -0.4 is 5.73 Å². The first-order chi connectivity index (χ1) is 3.52. The number of nitrogens with two attached hydrogens (primary N) is 1. The normalized spacial score (nSPS) is 42.0. The Bertz CT molecular complexity index is 107. The minimum Gasteiger partial charge on any atom is -0.330 e. The zero-order chi connectivity index (χ0) is 6.41. The molecule has 1 unspecified atom stereocenters. The van der Waals surface area contributed by atoms with Crippen LogP contribution in [0.1, 0.15) is 27.2 Å². The van der Waals surface area contributed by atoms with Crippen LogP contribution in [-0.4, -0.2) is 6.54 Å². The Kier molecular flexibility index (Phi) is 0.965. The van der Waals surface area contributed by atoms with Crippen LogP contribution in [0.5, 0.6) is 0 Å². The summed E-state index contributed by atoms with van der Waals surface area (Å²) in [6, 6.07) is 0. The molecule has 0 aromatic carbocycles. The average Bonchev–Trinajstić information content (AvgIpc) is 2.10. The third kappa shape index (κ3) is 0.576. The molecule has 8 heavy (non-hydrogen) atoms. The van der Waals surface area contributed by atoms with Crippen LogP contribution in [-0.2, 0) is 0 Å². The average molecular weight is 113 g/mol. The highest BCUT2D eigenvalue weighted by Gasteiger charge is 2.55. The van der Waals surface area contributed by atoms with E-state index < -0.39 is 0 Å². The first-order valence-corrected chi connectivity index (χ1v) is 3.22. The van der Waals surface area contributed by atoms with E-state index >= 15 is 0 Å². The maximum Gasteiger partial charge on any atom is -0.00179 e. The molecular weight excluding hydrogens is 98.1 g/mol. The predicted molar refractivity (Wildman–Crippen MR) is 35.6 cm³/mol. The van der Waals surface area contributed by atoms with Gasteiger partial charge in [-0.2, -0.15) is 0 Å². The Morgan fingerprint density at radius 3 is 1.75 bits per heavy atom. The molecule has 0 aromatic heterocycles. The van der Waals surface area contributed by atoms with Crippen molar-refractivity contribution in [2.24, 2.45) is 16.6 Å². The van der Waals surface area contributed by atoms with Gasteiger partial charge in [0.15, 0.2) is 0 Å². The highest BCUT2D eigenvalue weighted by atomic mass is 14.7. The van der Waals surface area contributed by atoms with Crippen molar-refractivity contribution in [3.05, 3.63) is 0 Å². The van der Waals surface area contributed by atoms with Crippen LogP contribution in [0.25, 0.3) is 0 Å². The van der Waals surface area contributed by atoms with Crippen molar-refractivity contribution < 1.29 is 0 Å². The third-order valence-corrected chi connectivity index (χ3v) is 2.79. The molecule has 0 aliphatic heterocycles. The summed E-state index contributed by atoms with van der Waals surface area (Å²) < 4.78 is 0. The van der Waals surface area contributed by atoms with Gasteiger partial charge in [0.2, 0.25) is 0 Å². The molecule has 1 rings (SSSR count).